The van der Waals surface area contributed by atoms with Gasteiger partial charge >= 0.3 is 0 Å². The Kier molecular flexibility index (Phi) is 14.6. The molecule has 0 aromatic heterocycles. The van der Waals surface area contributed by atoms with Gasteiger partial charge in [0.25, 0.3) is 0 Å². The van der Waals surface area contributed by atoms with Crippen molar-refractivity contribution in [2.24, 2.45) is 0 Å². The summed E-state index contributed by atoms with van der Waals surface area (Å²) in [5, 5.41) is 0. The van der Waals surface area contributed by atoms with Crippen molar-refractivity contribution >= 4 is 0 Å². The second-order valence-corrected chi connectivity index (χ2v) is 1.60. The smallest absolute Gasteiger partial charge is 0.0701 e. The van der Waals surface area contributed by atoms with Crippen LogP contribution in [0.4, 0.5) is 0 Å². The number of hydrogen-bond acceptors (Lipinski definition) is 3. The van der Waals surface area contributed by atoms with Gasteiger partial charge < -0.3 is 14.2 Å². The third-order valence-corrected chi connectivity index (χ3v) is 0.864. The van der Waals surface area contributed by atoms with Crippen molar-refractivity contribution in [1.82, 2.24) is 0 Å². The Morgan fingerprint density at radius 1 is 0.800 bits per heavy atom. The molecule has 0 saturated heterocycles. The van der Waals surface area contributed by atoms with Crippen molar-refractivity contribution < 1.29 is 14.2 Å². The molecule has 10 heavy (non-hydrogen) atoms. The quantitative estimate of drug-likeness (QED) is 0.527. The predicted molar refractivity (Wildman–Crippen MR) is 41.3 cm³/mol. The molecule has 3 nitrogen and oxygen atoms in total. The summed E-state index contributed by atoms with van der Waals surface area (Å²) < 4.78 is 14.6. The van der Waals surface area contributed by atoms with Crippen molar-refractivity contribution in [3.05, 3.63) is 0 Å². The molecule has 0 radical (unpaired) electrons. The Hall–Kier alpha value is -0.120. The van der Waals surface area contributed by atoms with Crippen LogP contribution in [0.1, 0.15) is 7.43 Å². The number of hydrogen-bond donors (Lipinski definition) is 0. The van der Waals surface area contributed by atoms with Crippen LogP contribution in [-0.2, 0) is 14.2 Å². The molecular formula is C7H18O3. The molecule has 64 valence electrons. The first kappa shape index (κ1) is 12.5. The largest absolute Gasteiger partial charge is 0.382 e. The van der Waals surface area contributed by atoms with Crippen molar-refractivity contribution in [3.63, 3.8) is 0 Å². The lowest BCUT2D eigenvalue weighted by Gasteiger charge is -2.00. The lowest BCUT2D eigenvalue weighted by molar-refractivity contribution is 0.0385. The maximum absolute atomic E-state index is 5.06. The van der Waals surface area contributed by atoms with E-state index in [1.165, 1.54) is 0 Å². The zero-order chi connectivity index (χ0) is 6.95. The Morgan fingerprint density at radius 3 is 1.50 bits per heavy atom. The molecular weight excluding hydrogens is 132 g/mol. The highest BCUT2D eigenvalue weighted by atomic mass is 16.5. The standard InChI is InChI=1S/C6H14O3.CH4/c1-7-3-5-9-6-4-8-2;/h3-6H2,1-2H3;1H4. The lowest BCUT2D eigenvalue weighted by atomic mass is 10.7. The molecule has 0 aliphatic rings. The van der Waals surface area contributed by atoms with Gasteiger partial charge in [-0.2, -0.15) is 0 Å². The Balaban J connectivity index is 0. The molecule has 0 bridgehead atoms. The second-order valence-electron chi connectivity index (χ2n) is 1.60. The minimum Gasteiger partial charge on any atom is -0.382 e. The Morgan fingerprint density at radius 2 is 1.20 bits per heavy atom. The number of ether oxygens (including phenoxy) is 3. The van der Waals surface area contributed by atoms with E-state index in [2.05, 4.69) is 0 Å². The van der Waals surface area contributed by atoms with Gasteiger partial charge in [-0.05, 0) is 0 Å². The van der Waals surface area contributed by atoms with E-state index in [4.69, 9.17) is 14.2 Å². The summed E-state index contributed by atoms with van der Waals surface area (Å²) in [6, 6.07) is 0. The Bertz CT molecular complexity index is 42.1. The maximum Gasteiger partial charge on any atom is 0.0701 e. The lowest BCUT2D eigenvalue weighted by Crippen LogP contribution is -2.06. The first-order valence-electron chi connectivity index (χ1n) is 2.97. The summed E-state index contributed by atoms with van der Waals surface area (Å²) >= 11 is 0. The highest BCUT2D eigenvalue weighted by Crippen LogP contribution is 1.75. The van der Waals surface area contributed by atoms with Crippen LogP contribution in [0, 0.1) is 0 Å². The van der Waals surface area contributed by atoms with Crippen LogP contribution in [0.5, 0.6) is 0 Å². The summed E-state index contributed by atoms with van der Waals surface area (Å²) in [7, 11) is 3.30. The average Bonchev–Trinajstić information content (AvgIpc) is 1.89. The van der Waals surface area contributed by atoms with Gasteiger partial charge in [-0.1, -0.05) is 7.43 Å². The van der Waals surface area contributed by atoms with Gasteiger partial charge in [-0.25, -0.2) is 0 Å². The van der Waals surface area contributed by atoms with Crippen LogP contribution in [0.2, 0.25) is 0 Å². The summed E-state index contributed by atoms with van der Waals surface area (Å²) in [5.41, 5.74) is 0. The molecule has 0 saturated carbocycles. The summed E-state index contributed by atoms with van der Waals surface area (Å²) in [6.45, 7) is 2.62. The molecule has 0 heterocycles. The molecule has 3 heteroatoms. The molecule has 0 aromatic carbocycles. The van der Waals surface area contributed by atoms with E-state index in [9.17, 15) is 0 Å². The maximum atomic E-state index is 5.06. The van der Waals surface area contributed by atoms with E-state index in [1.54, 1.807) is 14.2 Å². The van der Waals surface area contributed by atoms with Gasteiger partial charge in [-0.15, -0.1) is 0 Å². The van der Waals surface area contributed by atoms with E-state index in [1.807, 2.05) is 0 Å². The van der Waals surface area contributed by atoms with E-state index in [0.29, 0.717) is 26.4 Å². The van der Waals surface area contributed by atoms with E-state index in [0.717, 1.165) is 0 Å². The highest BCUT2D eigenvalue weighted by Gasteiger charge is 1.84. The van der Waals surface area contributed by atoms with Gasteiger partial charge in [0, 0.05) is 14.2 Å². The van der Waals surface area contributed by atoms with Crippen LogP contribution in [0.3, 0.4) is 0 Å². The van der Waals surface area contributed by atoms with Gasteiger partial charge in [0.05, 0.1) is 26.4 Å². The monoisotopic (exact) mass is 150 g/mol. The molecule has 0 aromatic rings. The minimum atomic E-state index is 0. The molecule has 0 spiro atoms. The summed E-state index contributed by atoms with van der Waals surface area (Å²) in [5.74, 6) is 0. The van der Waals surface area contributed by atoms with Crippen molar-refractivity contribution in [2.75, 3.05) is 40.6 Å². The molecule has 0 unspecified atom stereocenters. The molecule has 0 aliphatic heterocycles. The topological polar surface area (TPSA) is 27.7 Å². The van der Waals surface area contributed by atoms with Crippen LogP contribution in [0.25, 0.3) is 0 Å². The van der Waals surface area contributed by atoms with E-state index in [-0.39, 0.29) is 7.43 Å². The fourth-order valence-corrected chi connectivity index (χ4v) is 0.387. The molecule has 0 N–H and O–H groups in total. The van der Waals surface area contributed by atoms with Crippen LogP contribution < -0.4 is 0 Å². The molecule has 0 amide bonds. The number of rotatable bonds is 6. The average molecular weight is 150 g/mol. The predicted octanol–water partition coefficient (Wildman–Crippen LogP) is 0.932. The van der Waals surface area contributed by atoms with Crippen LogP contribution in [-0.4, -0.2) is 40.6 Å². The first-order valence-corrected chi connectivity index (χ1v) is 2.97. The first-order chi connectivity index (χ1) is 4.41. The molecule has 0 atom stereocenters. The third kappa shape index (κ3) is 10.8. The molecule has 0 fully saturated rings. The van der Waals surface area contributed by atoms with E-state index >= 15 is 0 Å². The zero-order valence-electron chi connectivity index (χ0n) is 6.05. The van der Waals surface area contributed by atoms with E-state index < -0.39 is 0 Å². The van der Waals surface area contributed by atoms with Gasteiger partial charge in [0.2, 0.25) is 0 Å². The van der Waals surface area contributed by atoms with Crippen molar-refractivity contribution in [2.45, 2.75) is 7.43 Å². The van der Waals surface area contributed by atoms with Crippen LogP contribution >= 0.6 is 0 Å². The van der Waals surface area contributed by atoms with Gasteiger partial charge in [-0.3, -0.25) is 0 Å². The molecule has 0 aliphatic carbocycles. The summed E-state index contributed by atoms with van der Waals surface area (Å²) in [6.07, 6.45) is 0. The normalized spacial score (nSPS) is 9.00. The van der Waals surface area contributed by atoms with Crippen molar-refractivity contribution in [3.8, 4) is 0 Å². The fourth-order valence-electron chi connectivity index (χ4n) is 0.387. The van der Waals surface area contributed by atoms with Gasteiger partial charge in [0.1, 0.15) is 0 Å². The summed E-state index contributed by atoms with van der Waals surface area (Å²) in [4.78, 5) is 0. The van der Waals surface area contributed by atoms with Crippen molar-refractivity contribution in [1.29, 1.82) is 0 Å². The Labute approximate surface area is 63.3 Å². The SMILES string of the molecule is C.COCCOCCOC. The zero-order valence-corrected chi connectivity index (χ0v) is 6.05. The molecule has 0 rings (SSSR count). The van der Waals surface area contributed by atoms with Crippen LogP contribution in [0.15, 0.2) is 0 Å². The number of methoxy groups -OCH3 is 2. The third-order valence-electron chi connectivity index (χ3n) is 0.864. The second kappa shape index (κ2) is 11.6. The minimum absolute atomic E-state index is 0. The fraction of sp³-hybridized carbons (Fsp3) is 1.00. The highest BCUT2D eigenvalue weighted by molar-refractivity contribution is 4.28. The van der Waals surface area contributed by atoms with Gasteiger partial charge in [0.15, 0.2) is 0 Å².